The van der Waals surface area contributed by atoms with Gasteiger partial charge in [0, 0.05) is 0 Å². The first-order chi connectivity index (χ1) is 8.48. The van der Waals surface area contributed by atoms with E-state index in [0.29, 0.717) is 17.1 Å². The van der Waals surface area contributed by atoms with Crippen molar-refractivity contribution in [3.8, 4) is 11.5 Å². The predicted octanol–water partition coefficient (Wildman–Crippen LogP) is 3.46. The fraction of sp³-hybridized carbons (Fsp3) is 0.357. The summed E-state index contributed by atoms with van der Waals surface area (Å²) < 4.78 is 11.2. The lowest BCUT2D eigenvalue weighted by Gasteiger charge is -2.29. The normalized spacial score (nSPS) is 15.8. The molecule has 1 aromatic rings. The van der Waals surface area contributed by atoms with Gasteiger partial charge >= 0.3 is 0 Å². The Kier molecular flexibility index (Phi) is 3.48. The van der Waals surface area contributed by atoms with E-state index in [9.17, 15) is 4.79 Å². The van der Waals surface area contributed by atoms with Gasteiger partial charge in [-0.15, -0.1) is 0 Å². The molecule has 96 valence electrons. The number of carbonyl (C=O) groups excluding carboxylic acids is 1. The number of hydrogen-bond donors (Lipinski definition) is 0. The second-order valence-electron chi connectivity index (χ2n) is 4.65. The van der Waals surface area contributed by atoms with Crippen LogP contribution >= 0.6 is 15.9 Å². The molecule has 0 fully saturated rings. The number of rotatable bonds is 3. The van der Waals surface area contributed by atoms with Crippen LogP contribution in [0.15, 0.2) is 18.2 Å². The van der Waals surface area contributed by atoms with E-state index >= 15 is 0 Å². The van der Waals surface area contributed by atoms with Crippen molar-refractivity contribution >= 4 is 27.8 Å². The van der Waals surface area contributed by atoms with Gasteiger partial charge in [0.2, 0.25) is 0 Å². The number of methoxy groups -OCH3 is 1. The Bertz CT molecular complexity index is 518. The Hall–Kier alpha value is -1.29. The van der Waals surface area contributed by atoms with Crippen LogP contribution in [-0.2, 0) is 0 Å². The molecule has 0 atom stereocenters. The second-order valence-corrected chi connectivity index (χ2v) is 5.21. The van der Waals surface area contributed by atoms with E-state index in [-0.39, 0.29) is 11.1 Å². The Morgan fingerprint density at radius 1 is 1.44 bits per heavy atom. The lowest BCUT2D eigenvalue weighted by molar-refractivity contribution is 0.101. The first-order valence-electron chi connectivity index (χ1n) is 5.67. The molecule has 0 amide bonds. The SMILES string of the molecule is COc1ccc(C(=O)CBr)c2c1C=CC(C)(C)O2. The van der Waals surface area contributed by atoms with Crippen LogP contribution in [0.2, 0.25) is 0 Å². The van der Waals surface area contributed by atoms with Crippen LogP contribution in [0.25, 0.3) is 6.08 Å². The largest absolute Gasteiger partial charge is 0.496 e. The molecule has 0 bridgehead atoms. The summed E-state index contributed by atoms with van der Waals surface area (Å²) in [4.78, 5) is 11.9. The van der Waals surface area contributed by atoms with Gasteiger partial charge in [0.25, 0.3) is 0 Å². The van der Waals surface area contributed by atoms with Crippen molar-refractivity contribution in [3.05, 3.63) is 29.3 Å². The fourth-order valence-electron chi connectivity index (χ4n) is 1.90. The number of alkyl halides is 1. The standard InChI is InChI=1S/C14H15BrO3/c1-14(2)7-6-10-12(17-3)5-4-9(11(16)8-15)13(10)18-14/h4-7H,8H2,1-3H3. The van der Waals surface area contributed by atoms with Gasteiger partial charge in [-0.2, -0.15) is 0 Å². The maximum atomic E-state index is 11.9. The summed E-state index contributed by atoms with van der Waals surface area (Å²) >= 11 is 3.19. The zero-order valence-corrected chi connectivity index (χ0v) is 12.2. The molecule has 0 saturated heterocycles. The third-order valence-corrected chi connectivity index (χ3v) is 3.32. The van der Waals surface area contributed by atoms with Gasteiger partial charge in [0.05, 0.1) is 23.6 Å². The number of fused-ring (bicyclic) bond motifs is 1. The van der Waals surface area contributed by atoms with Gasteiger partial charge in [-0.05, 0) is 38.1 Å². The smallest absolute Gasteiger partial charge is 0.177 e. The molecule has 0 saturated carbocycles. The molecule has 3 nitrogen and oxygen atoms in total. The Morgan fingerprint density at radius 3 is 2.78 bits per heavy atom. The fourth-order valence-corrected chi connectivity index (χ4v) is 2.20. The van der Waals surface area contributed by atoms with Crippen LogP contribution in [-0.4, -0.2) is 23.8 Å². The van der Waals surface area contributed by atoms with E-state index in [1.165, 1.54) is 0 Å². The summed E-state index contributed by atoms with van der Waals surface area (Å²) in [7, 11) is 1.61. The first-order valence-corrected chi connectivity index (χ1v) is 6.79. The van der Waals surface area contributed by atoms with E-state index in [2.05, 4.69) is 15.9 Å². The maximum absolute atomic E-state index is 11.9. The van der Waals surface area contributed by atoms with Gasteiger partial charge < -0.3 is 9.47 Å². The summed E-state index contributed by atoms with van der Waals surface area (Å²) in [5.41, 5.74) is 0.990. The zero-order valence-electron chi connectivity index (χ0n) is 10.6. The van der Waals surface area contributed by atoms with Crippen LogP contribution in [0.3, 0.4) is 0 Å². The van der Waals surface area contributed by atoms with Crippen molar-refractivity contribution in [2.75, 3.05) is 12.4 Å². The molecule has 0 spiro atoms. The van der Waals surface area contributed by atoms with Crippen LogP contribution in [0, 0.1) is 0 Å². The zero-order chi connectivity index (χ0) is 13.3. The summed E-state index contributed by atoms with van der Waals surface area (Å²) in [6, 6.07) is 3.54. The lowest BCUT2D eigenvalue weighted by atomic mass is 9.98. The summed E-state index contributed by atoms with van der Waals surface area (Å²) in [5.74, 6) is 1.31. The van der Waals surface area contributed by atoms with Crippen molar-refractivity contribution in [1.29, 1.82) is 0 Å². The van der Waals surface area contributed by atoms with Crippen LogP contribution in [0.1, 0.15) is 29.8 Å². The molecule has 18 heavy (non-hydrogen) atoms. The molecule has 0 aliphatic carbocycles. The molecule has 0 aromatic heterocycles. The highest BCUT2D eigenvalue weighted by Crippen LogP contribution is 2.39. The summed E-state index contributed by atoms with van der Waals surface area (Å²) in [5, 5.41) is 0.277. The number of halogens is 1. The minimum Gasteiger partial charge on any atom is -0.496 e. The van der Waals surface area contributed by atoms with Crippen LogP contribution in [0.5, 0.6) is 11.5 Å². The molecule has 2 rings (SSSR count). The van der Waals surface area contributed by atoms with Crippen molar-refractivity contribution in [2.45, 2.75) is 19.4 Å². The Labute approximate surface area is 115 Å². The monoisotopic (exact) mass is 310 g/mol. The van der Waals surface area contributed by atoms with Crippen LogP contribution in [0.4, 0.5) is 0 Å². The highest BCUT2D eigenvalue weighted by molar-refractivity contribution is 9.09. The number of benzene rings is 1. The maximum Gasteiger partial charge on any atom is 0.177 e. The Morgan fingerprint density at radius 2 is 2.17 bits per heavy atom. The molecule has 1 aromatic carbocycles. The number of ether oxygens (including phenoxy) is 2. The average Bonchev–Trinajstić information content (AvgIpc) is 2.35. The first kappa shape index (κ1) is 13.1. The number of hydrogen-bond acceptors (Lipinski definition) is 3. The topological polar surface area (TPSA) is 35.5 Å². The third-order valence-electron chi connectivity index (χ3n) is 2.81. The van der Waals surface area contributed by atoms with E-state index in [0.717, 1.165) is 5.56 Å². The molecule has 0 radical (unpaired) electrons. The Balaban J connectivity index is 2.61. The van der Waals surface area contributed by atoms with Gasteiger partial charge in [0.15, 0.2) is 5.78 Å². The summed E-state index contributed by atoms with van der Waals surface area (Å²) in [6.07, 6.45) is 3.91. The van der Waals surface area contributed by atoms with Crippen molar-refractivity contribution in [3.63, 3.8) is 0 Å². The van der Waals surface area contributed by atoms with Gasteiger partial charge in [-0.1, -0.05) is 15.9 Å². The van der Waals surface area contributed by atoms with Crippen LogP contribution < -0.4 is 9.47 Å². The number of ketones is 1. The van der Waals surface area contributed by atoms with Gasteiger partial charge in [0.1, 0.15) is 17.1 Å². The highest BCUT2D eigenvalue weighted by atomic mass is 79.9. The van der Waals surface area contributed by atoms with E-state index in [1.807, 2.05) is 26.0 Å². The van der Waals surface area contributed by atoms with Crippen molar-refractivity contribution in [2.24, 2.45) is 0 Å². The van der Waals surface area contributed by atoms with E-state index < -0.39 is 5.60 Å². The number of carbonyl (C=O) groups is 1. The predicted molar refractivity (Wildman–Crippen MR) is 74.9 cm³/mol. The lowest BCUT2D eigenvalue weighted by Crippen LogP contribution is -2.29. The van der Waals surface area contributed by atoms with Gasteiger partial charge in [-0.3, -0.25) is 4.79 Å². The molecule has 1 aliphatic heterocycles. The second kappa shape index (κ2) is 4.76. The van der Waals surface area contributed by atoms with Crippen molar-refractivity contribution in [1.82, 2.24) is 0 Å². The van der Waals surface area contributed by atoms with Gasteiger partial charge in [-0.25, -0.2) is 0 Å². The molecule has 1 aliphatic rings. The molecular formula is C14H15BrO3. The van der Waals surface area contributed by atoms with E-state index in [1.54, 1.807) is 19.2 Å². The molecular weight excluding hydrogens is 296 g/mol. The molecule has 0 unspecified atom stereocenters. The third kappa shape index (κ3) is 2.29. The minimum atomic E-state index is -0.416. The van der Waals surface area contributed by atoms with E-state index in [4.69, 9.17) is 9.47 Å². The molecule has 1 heterocycles. The number of Topliss-reactive ketones (excluding diaryl/α,β-unsaturated/α-hetero) is 1. The molecule has 4 heteroatoms. The quantitative estimate of drug-likeness (QED) is 0.633. The average molecular weight is 311 g/mol. The highest BCUT2D eigenvalue weighted by Gasteiger charge is 2.27. The minimum absolute atomic E-state index is 0.00000283. The molecule has 0 N–H and O–H groups in total. The van der Waals surface area contributed by atoms with Crippen molar-refractivity contribution < 1.29 is 14.3 Å². The summed E-state index contributed by atoms with van der Waals surface area (Å²) in [6.45, 7) is 3.91.